The highest BCUT2D eigenvalue weighted by Gasteiger charge is 2.28. The van der Waals surface area contributed by atoms with Crippen LogP contribution in [0.4, 0.5) is 11.4 Å². The van der Waals surface area contributed by atoms with Crippen molar-refractivity contribution in [3.63, 3.8) is 0 Å². The Labute approximate surface area is 249 Å². The fourth-order valence-electron chi connectivity index (χ4n) is 4.19. The van der Waals surface area contributed by atoms with Crippen LogP contribution in [0.2, 0.25) is 5.02 Å². The molecule has 1 aliphatic rings. The zero-order chi connectivity index (χ0) is 30.5. The standard InChI is InChI=1S/C27H28ClN5O7S2/c1-18-12-14-33(15-13-18)42(37,38)22-10-6-20(7-11-22)29-32-30-27(34)23-16-25(39-2)26(40-3)17-24(23)31-41(35,36)21-8-4-19(28)5-9-21/h4-11,16-18H,12-15H2,1-3H3/p+1. The highest BCUT2D eigenvalue weighted by molar-refractivity contribution is 7.92. The van der Waals surface area contributed by atoms with Gasteiger partial charge in [0.25, 0.3) is 10.0 Å². The van der Waals surface area contributed by atoms with E-state index in [0.29, 0.717) is 24.0 Å². The third-order valence-electron chi connectivity index (χ3n) is 6.64. The lowest BCUT2D eigenvalue weighted by atomic mass is 10.0. The summed E-state index contributed by atoms with van der Waals surface area (Å²) < 4.78 is 66.2. The average molecular weight is 635 g/mol. The van der Waals surface area contributed by atoms with Gasteiger partial charge in [0.15, 0.2) is 22.3 Å². The second-order valence-corrected chi connectivity index (χ2v) is 13.5. The summed E-state index contributed by atoms with van der Waals surface area (Å²) >= 11 is 5.87. The molecule has 15 heteroatoms. The summed E-state index contributed by atoms with van der Waals surface area (Å²) in [5, 5.41) is 7.82. The Morgan fingerprint density at radius 3 is 2.10 bits per heavy atom. The molecule has 1 fully saturated rings. The first-order valence-electron chi connectivity index (χ1n) is 12.8. The van der Waals surface area contributed by atoms with E-state index in [1.54, 1.807) is 0 Å². The molecule has 1 amide bonds. The number of ether oxygens (including phenoxy) is 2. The normalized spacial score (nSPS) is 14.5. The Bertz CT molecular complexity index is 1730. The van der Waals surface area contributed by atoms with E-state index >= 15 is 0 Å². The van der Waals surface area contributed by atoms with Gasteiger partial charge in [-0.3, -0.25) is 9.52 Å². The second-order valence-electron chi connectivity index (χ2n) is 9.49. The summed E-state index contributed by atoms with van der Waals surface area (Å²) in [6, 6.07) is 13.8. The number of methoxy groups -OCH3 is 2. The van der Waals surface area contributed by atoms with Crippen LogP contribution in [0.5, 0.6) is 11.5 Å². The maximum Gasteiger partial charge on any atom is 0.362 e. The van der Waals surface area contributed by atoms with Gasteiger partial charge in [0.1, 0.15) is 0 Å². The fraction of sp³-hybridized carbons (Fsp3) is 0.296. The number of piperidine rings is 1. The van der Waals surface area contributed by atoms with Crippen molar-refractivity contribution in [2.24, 2.45) is 16.1 Å². The minimum atomic E-state index is -4.13. The van der Waals surface area contributed by atoms with Crippen molar-refractivity contribution >= 4 is 48.9 Å². The van der Waals surface area contributed by atoms with E-state index in [1.165, 1.54) is 79.2 Å². The zero-order valence-corrected chi connectivity index (χ0v) is 25.4. The van der Waals surface area contributed by atoms with Gasteiger partial charge >= 0.3 is 5.91 Å². The van der Waals surface area contributed by atoms with Gasteiger partial charge < -0.3 is 9.47 Å². The van der Waals surface area contributed by atoms with E-state index in [-0.39, 0.29) is 38.2 Å². The topological polar surface area (TPSA) is 158 Å². The quantitative estimate of drug-likeness (QED) is 0.256. The number of rotatable bonds is 9. The summed E-state index contributed by atoms with van der Waals surface area (Å²) in [5.74, 6) is -0.113. The van der Waals surface area contributed by atoms with Crippen LogP contribution in [-0.4, -0.2) is 54.4 Å². The molecule has 0 saturated carbocycles. The molecule has 1 saturated heterocycles. The highest BCUT2D eigenvalue weighted by Crippen LogP contribution is 2.35. The molecule has 0 unspecified atom stereocenters. The van der Waals surface area contributed by atoms with E-state index < -0.39 is 26.0 Å². The van der Waals surface area contributed by atoms with Crippen molar-refractivity contribution in [3.05, 3.63) is 71.2 Å². The molecule has 0 spiro atoms. The van der Waals surface area contributed by atoms with Crippen LogP contribution in [0.3, 0.4) is 0 Å². The first kappa shape index (κ1) is 31.1. The SMILES string of the molecule is COc1cc(NS(=O)(=O)c2ccc(Cl)cc2)c(C(=O)N=[N+]=Nc2ccc(S(=O)(=O)N3CCC(C)CC3)cc2)cc1OC. The van der Waals surface area contributed by atoms with Crippen LogP contribution in [0, 0.1) is 5.92 Å². The number of nitrogens with zero attached hydrogens (tertiary/aromatic N) is 4. The van der Waals surface area contributed by atoms with Gasteiger partial charge in [0, 0.05) is 24.2 Å². The molecule has 0 atom stereocenters. The van der Waals surface area contributed by atoms with Gasteiger partial charge in [0.05, 0.1) is 35.3 Å². The number of carbonyl (C=O) groups excluding carboxylic acids is 1. The van der Waals surface area contributed by atoms with Crippen molar-refractivity contribution in [1.82, 2.24) is 9.22 Å². The van der Waals surface area contributed by atoms with Gasteiger partial charge in [-0.1, -0.05) is 18.5 Å². The lowest BCUT2D eigenvalue weighted by molar-refractivity contribution is 0.0993. The molecule has 1 N–H and O–H groups in total. The molecule has 3 aromatic rings. The first-order chi connectivity index (χ1) is 19.9. The molecule has 42 heavy (non-hydrogen) atoms. The van der Waals surface area contributed by atoms with E-state index in [1.807, 2.05) is 0 Å². The van der Waals surface area contributed by atoms with E-state index in [0.717, 1.165) is 12.8 Å². The Morgan fingerprint density at radius 2 is 1.50 bits per heavy atom. The lowest BCUT2D eigenvalue weighted by Gasteiger charge is -2.29. The average Bonchev–Trinajstić information content (AvgIpc) is 2.97. The number of carbonyl (C=O) groups is 1. The summed E-state index contributed by atoms with van der Waals surface area (Å²) in [4.78, 5) is 16.7. The summed E-state index contributed by atoms with van der Waals surface area (Å²) in [6.07, 6.45) is 1.62. The molecule has 0 bridgehead atoms. The Kier molecular flexibility index (Phi) is 9.64. The Morgan fingerprint density at radius 1 is 0.929 bits per heavy atom. The molecule has 0 aliphatic carbocycles. The maximum atomic E-state index is 13.0. The number of sulfonamides is 2. The maximum absolute atomic E-state index is 13.0. The molecular weight excluding hydrogens is 606 g/mol. The molecular formula is C27H29ClN5O7S2+. The van der Waals surface area contributed by atoms with Gasteiger partial charge in [-0.2, -0.15) is 4.31 Å². The highest BCUT2D eigenvalue weighted by atomic mass is 35.5. The number of nitrogens with one attached hydrogen (secondary N) is 1. The van der Waals surface area contributed by atoms with E-state index in [9.17, 15) is 21.6 Å². The Balaban J connectivity index is 1.58. The molecule has 4 rings (SSSR count). The number of benzene rings is 3. The van der Waals surface area contributed by atoms with Crippen LogP contribution in [0.15, 0.2) is 80.7 Å². The fourth-order valence-corrected chi connectivity index (χ4v) is 6.85. The number of halogens is 1. The van der Waals surface area contributed by atoms with E-state index in [2.05, 4.69) is 26.8 Å². The predicted octanol–water partition coefficient (Wildman–Crippen LogP) is 5.02. The third kappa shape index (κ3) is 7.15. The number of hydrogen-bond acceptors (Lipinski definition) is 8. The first-order valence-corrected chi connectivity index (χ1v) is 16.1. The minimum absolute atomic E-state index is 0.0861. The molecule has 1 heterocycles. The van der Waals surface area contributed by atoms with Crippen molar-refractivity contribution in [3.8, 4) is 11.5 Å². The molecule has 0 radical (unpaired) electrons. The Hall–Kier alpha value is -3.81. The van der Waals surface area contributed by atoms with Crippen LogP contribution in [0.25, 0.3) is 0 Å². The minimum Gasteiger partial charge on any atom is -0.493 e. The predicted molar refractivity (Wildman–Crippen MR) is 156 cm³/mol. The van der Waals surface area contributed by atoms with Crippen LogP contribution in [0.1, 0.15) is 30.1 Å². The van der Waals surface area contributed by atoms with Crippen molar-refractivity contribution < 1.29 is 31.1 Å². The van der Waals surface area contributed by atoms with Crippen molar-refractivity contribution in [1.29, 1.82) is 0 Å². The smallest absolute Gasteiger partial charge is 0.362 e. The van der Waals surface area contributed by atoms with Gasteiger partial charge in [-0.05, 0) is 73.4 Å². The van der Waals surface area contributed by atoms with Crippen LogP contribution < -0.4 is 19.1 Å². The second kappa shape index (κ2) is 13.0. The molecule has 0 aromatic heterocycles. The molecule has 3 aromatic carbocycles. The van der Waals surface area contributed by atoms with Crippen LogP contribution in [-0.2, 0) is 20.0 Å². The summed E-state index contributed by atoms with van der Waals surface area (Å²) in [6.45, 7) is 3.05. The number of amides is 1. The molecule has 12 nitrogen and oxygen atoms in total. The lowest BCUT2D eigenvalue weighted by Crippen LogP contribution is -2.37. The van der Waals surface area contributed by atoms with Crippen molar-refractivity contribution in [2.45, 2.75) is 29.6 Å². The van der Waals surface area contributed by atoms with Gasteiger partial charge in [0.2, 0.25) is 20.0 Å². The third-order valence-corrected chi connectivity index (χ3v) is 10.2. The van der Waals surface area contributed by atoms with Gasteiger partial charge in [-0.25, -0.2) is 16.8 Å². The number of anilines is 1. The molecule has 1 aliphatic heterocycles. The monoisotopic (exact) mass is 634 g/mol. The van der Waals surface area contributed by atoms with E-state index in [4.69, 9.17) is 21.1 Å². The molecule has 222 valence electrons. The van der Waals surface area contributed by atoms with Gasteiger partial charge in [-0.15, -0.1) is 0 Å². The number of hydrogen-bond donors (Lipinski definition) is 1. The summed E-state index contributed by atoms with van der Waals surface area (Å²) in [5.41, 5.74) is -0.0524. The summed E-state index contributed by atoms with van der Waals surface area (Å²) in [7, 11) is -5.04. The van der Waals surface area contributed by atoms with Crippen molar-refractivity contribution in [2.75, 3.05) is 32.0 Å². The largest absolute Gasteiger partial charge is 0.493 e. The zero-order valence-electron chi connectivity index (χ0n) is 23.0. The van der Waals surface area contributed by atoms with Crippen LogP contribution >= 0.6 is 11.6 Å².